The maximum absolute atomic E-state index is 5.24. The quantitative estimate of drug-likeness (QED) is 0.315. The second-order valence-corrected chi connectivity index (χ2v) is 7.59. The van der Waals surface area contributed by atoms with Crippen LogP contribution < -0.4 is 15.4 Å². The normalized spacial score (nSPS) is 15.5. The number of piperidine rings is 1. The minimum Gasteiger partial charge on any atom is -0.497 e. The number of likely N-dealkylation sites (tertiary alicyclic amines) is 1. The minimum absolute atomic E-state index is 0. The number of rotatable bonds is 8. The van der Waals surface area contributed by atoms with Crippen molar-refractivity contribution < 1.29 is 4.74 Å². The van der Waals surface area contributed by atoms with E-state index in [0.29, 0.717) is 12.5 Å². The molecule has 1 aromatic heterocycles. The van der Waals surface area contributed by atoms with E-state index in [2.05, 4.69) is 39.7 Å². The van der Waals surface area contributed by atoms with Crippen LogP contribution in [0.15, 0.2) is 41.5 Å². The lowest BCUT2D eigenvalue weighted by atomic mass is 9.96. The highest BCUT2D eigenvalue weighted by atomic mass is 127. The van der Waals surface area contributed by atoms with Gasteiger partial charge in [-0.3, -0.25) is 9.58 Å². The zero-order chi connectivity index (χ0) is 20.5. The number of aliphatic imine (C=N–C) groups is 1. The van der Waals surface area contributed by atoms with Gasteiger partial charge in [0.25, 0.3) is 0 Å². The smallest absolute Gasteiger partial charge is 0.191 e. The van der Waals surface area contributed by atoms with Crippen LogP contribution in [0.2, 0.25) is 0 Å². The molecule has 0 spiro atoms. The molecule has 0 bridgehead atoms. The second kappa shape index (κ2) is 12.8. The van der Waals surface area contributed by atoms with Crippen LogP contribution in [0, 0.1) is 5.92 Å². The summed E-state index contributed by atoms with van der Waals surface area (Å²) in [6, 6.07) is 10.4. The van der Waals surface area contributed by atoms with Gasteiger partial charge in [-0.15, -0.1) is 24.0 Å². The Balaban J connectivity index is 0.00000320. The third-order valence-electron chi connectivity index (χ3n) is 5.50. The molecule has 2 heterocycles. The van der Waals surface area contributed by atoms with Crippen molar-refractivity contribution in [2.45, 2.75) is 32.9 Å². The predicted octanol–water partition coefficient (Wildman–Crippen LogP) is 3.01. The van der Waals surface area contributed by atoms with Crippen LogP contribution in [0.25, 0.3) is 0 Å². The zero-order valence-electron chi connectivity index (χ0n) is 18.3. The lowest BCUT2D eigenvalue weighted by Crippen LogP contribution is -2.42. The van der Waals surface area contributed by atoms with Gasteiger partial charge in [0.05, 0.1) is 19.3 Å². The molecule has 2 aromatic rings. The van der Waals surface area contributed by atoms with Crippen LogP contribution in [0.1, 0.15) is 31.0 Å². The standard InChI is InChI=1S/C22H34N6O.HI/c1-4-23-22(25-16-20-9-12-26-27(20)2)24-15-18-10-13-28(14-11-18)17-19-5-7-21(29-3)8-6-19;/h5-9,12,18H,4,10-11,13-17H2,1-3H3,(H2,23,24,25);1H. The van der Waals surface area contributed by atoms with E-state index >= 15 is 0 Å². The Bertz CT molecular complexity index is 768. The second-order valence-electron chi connectivity index (χ2n) is 7.59. The molecule has 0 aliphatic carbocycles. The first-order valence-electron chi connectivity index (χ1n) is 10.5. The third-order valence-corrected chi connectivity index (χ3v) is 5.50. The van der Waals surface area contributed by atoms with E-state index in [-0.39, 0.29) is 24.0 Å². The maximum Gasteiger partial charge on any atom is 0.191 e. The molecule has 0 amide bonds. The van der Waals surface area contributed by atoms with Crippen molar-refractivity contribution in [2.24, 2.45) is 18.0 Å². The van der Waals surface area contributed by atoms with Crippen molar-refractivity contribution in [3.05, 3.63) is 47.8 Å². The molecule has 3 rings (SSSR count). The SMILES string of the molecule is CCNC(=NCc1ccnn1C)NCC1CCN(Cc2ccc(OC)cc2)CC1.I. The van der Waals surface area contributed by atoms with Gasteiger partial charge in [0.15, 0.2) is 5.96 Å². The molecule has 8 heteroatoms. The Hall–Kier alpha value is -1.81. The van der Waals surface area contributed by atoms with Crippen LogP contribution in [-0.2, 0) is 20.1 Å². The molecule has 30 heavy (non-hydrogen) atoms. The minimum atomic E-state index is 0. The fourth-order valence-corrected chi connectivity index (χ4v) is 3.64. The topological polar surface area (TPSA) is 66.7 Å². The predicted molar refractivity (Wildman–Crippen MR) is 132 cm³/mol. The van der Waals surface area contributed by atoms with Gasteiger partial charge < -0.3 is 15.4 Å². The van der Waals surface area contributed by atoms with Crippen molar-refractivity contribution in [1.29, 1.82) is 0 Å². The summed E-state index contributed by atoms with van der Waals surface area (Å²) in [5, 5.41) is 11.1. The molecular weight excluding hydrogens is 491 g/mol. The Kier molecular flexibility index (Phi) is 10.4. The molecule has 1 saturated heterocycles. The average molecular weight is 526 g/mol. The molecule has 1 aliphatic rings. The summed E-state index contributed by atoms with van der Waals surface area (Å²) in [4.78, 5) is 7.24. The monoisotopic (exact) mass is 526 g/mol. The van der Waals surface area contributed by atoms with Crippen molar-refractivity contribution in [3.63, 3.8) is 0 Å². The molecule has 7 nitrogen and oxygen atoms in total. The molecule has 1 aliphatic heterocycles. The lowest BCUT2D eigenvalue weighted by molar-refractivity contribution is 0.178. The van der Waals surface area contributed by atoms with Crippen LogP contribution in [0.5, 0.6) is 5.75 Å². The fraction of sp³-hybridized carbons (Fsp3) is 0.545. The van der Waals surface area contributed by atoms with Crippen molar-refractivity contribution in [1.82, 2.24) is 25.3 Å². The number of halogens is 1. The molecule has 1 aromatic carbocycles. The Morgan fingerprint density at radius 3 is 2.50 bits per heavy atom. The third kappa shape index (κ3) is 7.46. The van der Waals surface area contributed by atoms with E-state index in [1.54, 1.807) is 7.11 Å². The number of nitrogens with zero attached hydrogens (tertiary/aromatic N) is 4. The van der Waals surface area contributed by atoms with Crippen LogP contribution >= 0.6 is 24.0 Å². The van der Waals surface area contributed by atoms with E-state index in [1.165, 1.54) is 18.4 Å². The Labute approximate surface area is 197 Å². The van der Waals surface area contributed by atoms with Crippen LogP contribution in [0.3, 0.4) is 0 Å². The first-order valence-corrected chi connectivity index (χ1v) is 10.5. The average Bonchev–Trinajstić information content (AvgIpc) is 3.16. The highest BCUT2D eigenvalue weighted by Gasteiger charge is 2.19. The van der Waals surface area contributed by atoms with Gasteiger partial charge in [-0.05, 0) is 62.5 Å². The van der Waals surface area contributed by atoms with E-state index in [9.17, 15) is 0 Å². The molecule has 0 radical (unpaired) electrons. The van der Waals surface area contributed by atoms with Gasteiger partial charge in [0, 0.05) is 32.9 Å². The van der Waals surface area contributed by atoms with Gasteiger partial charge in [-0.2, -0.15) is 5.10 Å². The largest absolute Gasteiger partial charge is 0.497 e. The fourth-order valence-electron chi connectivity index (χ4n) is 3.64. The van der Waals surface area contributed by atoms with Crippen molar-refractivity contribution >= 4 is 29.9 Å². The van der Waals surface area contributed by atoms with Gasteiger partial charge in [0.2, 0.25) is 0 Å². The molecule has 0 unspecified atom stereocenters. The van der Waals surface area contributed by atoms with Crippen LogP contribution in [0.4, 0.5) is 0 Å². The number of aryl methyl sites for hydroxylation is 1. The summed E-state index contributed by atoms with van der Waals surface area (Å²) in [7, 11) is 3.66. The molecule has 2 N–H and O–H groups in total. The van der Waals surface area contributed by atoms with E-state index in [1.807, 2.05) is 36.1 Å². The lowest BCUT2D eigenvalue weighted by Gasteiger charge is -2.32. The summed E-state index contributed by atoms with van der Waals surface area (Å²) < 4.78 is 7.11. The molecule has 1 fully saturated rings. The van der Waals surface area contributed by atoms with E-state index in [0.717, 1.165) is 50.1 Å². The van der Waals surface area contributed by atoms with Gasteiger partial charge in [-0.1, -0.05) is 12.1 Å². The van der Waals surface area contributed by atoms with E-state index < -0.39 is 0 Å². The van der Waals surface area contributed by atoms with Gasteiger partial charge in [0.1, 0.15) is 5.75 Å². The molecular formula is C22H35IN6O. The first-order chi connectivity index (χ1) is 14.2. The molecule has 0 atom stereocenters. The number of guanidine groups is 1. The summed E-state index contributed by atoms with van der Waals surface area (Å²) in [5.41, 5.74) is 2.45. The summed E-state index contributed by atoms with van der Waals surface area (Å²) in [6.45, 7) is 7.84. The van der Waals surface area contributed by atoms with Crippen LogP contribution in [-0.4, -0.2) is 53.9 Å². The van der Waals surface area contributed by atoms with Crippen molar-refractivity contribution in [2.75, 3.05) is 33.3 Å². The Morgan fingerprint density at radius 2 is 1.90 bits per heavy atom. The van der Waals surface area contributed by atoms with Crippen molar-refractivity contribution in [3.8, 4) is 5.75 Å². The summed E-state index contributed by atoms with van der Waals surface area (Å²) >= 11 is 0. The Morgan fingerprint density at radius 1 is 1.17 bits per heavy atom. The zero-order valence-corrected chi connectivity index (χ0v) is 20.6. The first kappa shape index (κ1) is 24.5. The highest BCUT2D eigenvalue weighted by Crippen LogP contribution is 2.19. The number of benzene rings is 1. The maximum atomic E-state index is 5.24. The van der Waals surface area contributed by atoms with Gasteiger partial charge >= 0.3 is 0 Å². The number of aromatic nitrogens is 2. The number of hydrogen-bond donors (Lipinski definition) is 2. The molecule has 166 valence electrons. The van der Waals surface area contributed by atoms with Gasteiger partial charge in [-0.25, -0.2) is 4.99 Å². The summed E-state index contributed by atoms with van der Waals surface area (Å²) in [5.74, 6) is 2.48. The number of methoxy groups -OCH3 is 1. The highest BCUT2D eigenvalue weighted by molar-refractivity contribution is 14.0. The van der Waals surface area contributed by atoms with E-state index in [4.69, 9.17) is 9.73 Å². The number of hydrogen-bond acceptors (Lipinski definition) is 4. The number of nitrogens with one attached hydrogen (secondary N) is 2. The number of ether oxygens (including phenoxy) is 1. The summed E-state index contributed by atoms with van der Waals surface area (Å²) in [6.07, 6.45) is 4.24. The molecule has 0 saturated carbocycles.